The molecule has 1 aliphatic heterocycles. The second-order valence-electron chi connectivity index (χ2n) is 11.5. The molecule has 0 fully saturated rings. The van der Waals surface area contributed by atoms with Crippen LogP contribution < -0.4 is 16.0 Å². The summed E-state index contributed by atoms with van der Waals surface area (Å²) in [5.41, 5.74) is 4.01. The number of rotatable bonds is 7. The molecule has 2 aromatic carbocycles. The molecule has 3 N–H and O–H groups in total. The van der Waals surface area contributed by atoms with Crippen LogP contribution in [0.5, 0.6) is 0 Å². The van der Waals surface area contributed by atoms with E-state index >= 15 is 0 Å². The molecule has 0 saturated carbocycles. The molecule has 42 heavy (non-hydrogen) atoms. The van der Waals surface area contributed by atoms with Gasteiger partial charge in [-0.3, -0.25) is 0 Å². The van der Waals surface area contributed by atoms with E-state index in [2.05, 4.69) is 38.1 Å². The number of nitriles is 2. The number of esters is 1. The Labute approximate surface area is 244 Å². The molecule has 0 unspecified atom stereocenters. The minimum Gasteiger partial charge on any atom is -0.463 e. The number of alkyl carbamates (subject to hydrolysis) is 1. The third kappa shape index (κ3) is 6.76. The SMILES string of the molecule is Cc1ccc(C#N)cc1Nc1nccc(-c2cc(C#N)c3c(c2)[C@@](C)(COC(=O)[C@@H](C)NC(=O)OC(C)(C)C)CN3)n1. The Balaban J connectivity index is 1.55. The van der Waals surface area contributed by atoms with Crippen molar-refractivity contribution in [2.75, 3.05) is 23.8 Å². The molecule has 0 radical (unpaired) electrons. The van der Waals surface area contributed by atoms with Gasteiger partial charge in [0, 0.05) is 29.4 Å². The molecule has 0 spiro atoms. The van der Waals surface area contributed by atoms with Gasteiger partial charge in [-0.15, -0.1) is 0 Å². The first-order valence-electron chi connectivity index (χ1n) is 13.4. The van der Waals surface area contributed by atoms with Crippen LogP contribution in [0.1, 0.15) is 56.9 Å². The highest BCUT2D eigenvalue weighted by molar-refractivity contribution is 5.81. The zero-order chi connectivity index (χ0) is 30.7. The van der Waals surface area contributed by atoms with Gasteiger partial charge in [0.1, 0.15) is 24.3 Å². The molecule has 1 aromatic heterocycles. The van der Waals surface area contributed by atoms with Crippen molar-refractivity contribution in [2.45, 2.75) is 58.6 Å². The summed E-state index contributed by atoms with van der Waals surface area (Å²) in [5.74, 6) is -0.263. The van der Waals surface area contributed by atoms with Gasteiger partial charge in [0.25, 0.3) is 0 Å². The predicted octanol–water partition coefficient (Wildman–Crippen LogP) is 5.08. The molecule has 216 valence electrons. The van der Waals surface area contributed by atoms with Crippen LogP contribution in [-0.4, -0.2) is 46.8 Å². The van der Waals surface area contributed by atoms with Gasteiger partial charge in [-0.25, -0.2) is 19.6 Å². The molecular formula is C31H33N7O4. The van der Waals surface area contributed by atoms with Gasteiger partial charge in [0.05, 0.1) is 28.6 Å². The lowest BCUT2D eigenvalue weighted by Crippen LogP contribution is -2.43. The standard InChI is InChI=1S/C31H33N7O4/c1-18-7-8-20(14-32)11-25(18)38-28-34-10-9-24(37-28)21-12-22(15-33)26-23(13-21)31(6,16-35-26)17-41-27(39)19(2)36-29(40)42-30(3,4)5/h7-13,19,35H,16-17H2,1-6H3,(H,36,40)(H,34,37,38)/t19-,31-/m1/s1. The number of carbonyl (C=O) groups is 2. The number of nitrogens with zero attached hydrogens (tertiary/aromatic N) is 4. The number of nitrogens with one attached hydrogen (secondary N) is 3. The number of benzene rings is 2. The third-order valence-corrected chi connectivity index (χ3v) is 6.75. The smallest absolute Gasteiger partial charge is 0.408 e. The highest BCUT2D eigenvalue weighted by Gasteiger charge is 2.38. The van der Waals surface area contributed by atoms with Crippen molar-refractivity contribution in [3.8, 4) is 23.4 Å². The van der Waals surface area contributed by atoms with E-state index in [1.165, 1.54) is 6.92 Å². The van der Waals surface area contributed by atoms with E-state index in [4.69, 9.17) is 9.47 Å². The van der Waals surface area contributed by atoms with Crippen molar-refractivity contribution in [2.24, 2.45) is 0 Å². The van der Waals surface area contributed by atoms with Crippen molar-refractivity contribution < 1.29 is 19.1 Å². The summed E-state index contributed by atoms with van der Waals surface area (Å²) in [7, 11) is 0. The van der Waals surface area contributed by atoms with Crippen LogP contribution in [0.3, 0.4) is 0 Å². The first kappa shape index (κ1) is 29.8. The molecule has 0 saturated heterocycles. The monoisotopic (exact) mass is 567 g/mol. The van der Waals surface area contributed by atoms with E-state index in [1.54, 1.807) is 51.2 Å². The zero-order valence-corrected chi connectivity index (χ0v) is 24.5. The zero-order valence-electron chi connectivity index (χ0n) is 24.5. The van der Waals surface area contributed by atoms with E-state index in [-0.39, 0.29) is 6.61 Å². The number of fused-ring (bicyclic) bond motifs is 1. The van der Waals surface area contributed by atoms with Crippen molar-refractivity contribution in [1.82, 2.24) is 15.3 Å². The van der Waals surface area contributed by atoms with E-state index in [0.717, 1.165) is 11.1 Å². The van der Waals surface area contributed by atoms with Gasteiger partial charge >= 0.3 is 12.1 Å². The average Bonchev–Trinajstić information content (AvgIpc) is 3.28. The number of aromatic nitrogens is 2. The van der Waals surface area contributed by atoms with Gasteiger partial charge in [-0.05, 0) is 76.1 Å². The summed E-state index contributed by atoms with van der Waals surface area (Å²) in [5, 5.41) is 28.1. The van der Waals surface area contributed by atoms with Crippen LogP contribution in [-0.2, 0) is 19.7 Å². The molecule has 4 rings (SSSR count). The number of aryl methyl sites for hydroxylation is 1. The maximum Gasteiger partial charge on any atom is 0.408 e. The average molecular weight is 568 g/mol. The van der Waals surface area contributed by atoms with Crippen LogP contribution >= 0.6 is 0 Å². The second-order valence-corrected chi connectivity index (χ2v) is 11.5. The van der Waals surface area contributed by atoms with Gasteiger partial charge in [-0.1, -0.05) is 13.0 Å². The highest BCUT2D eigenvalue weighted by atomic mass is 16.6. The summed E-state index contributed by atoms with van der Waals surface area (Å²) in [6, 6.07) is 14.2. The summed E-state index contributed by atoms with van der Waals surface area (Å²) in [6.07, 6.45) is 0.909. The first-order chi connectivity index (χ1) is 19.8. The molecule has 3 aromatic rings. The Morgan fingerprint density at radius 3 is 2.62 bits per heavy atom. The maximum atomic E-state index is 12.7. The van der Waals surface area contributed by atoms with Gasteiger partial charge in [0.2, 0.25) is 5.95 Å². The highest BCUT2D eigenvalue weighted by Crippen LogP contribution is 2.41. The Kier molecular flexibility index (Phi) is 8.34. The Morgan fingerprint density at radius 1 is 1.17 bits per heavy atom. The van der Waals surface area contributed by atoms with E-state index in [0.29, 0.717) is 46.3 Å². The number of ether oxygens (including phenoxy) is 2. The lowest BCUT2D eigenvalue weighted by molar-refractivity contribution is -0.147. The van der Waals surface area contributed by atoms with Crippen LogP contribution in [0.2, 0.25) is 0 Å². The summed E-state index contributed by atoms with van der Waals surface area (Å²) >= 11 is 0. The van der Waals surface area contributed by atoms with E-state index < -0.39 is 29.1 Å². The van der Waals surface area contributed by atoms with Crippen molar-refractivity contribution >= 4 is 29.4 Å². The van der Waals surface area contributed by atoms with Gasteiger partial charge in [0.15, 0.2) is 0 Å². The third-order valence-electron chi connectivity index (χ3n) is 6.75. The van der Waals surface area contributed by atoms with Gasteiger partial charge in [-0.2, -0.15) is 10.5 Å². The predicted molar refractivity (Wildman–Crippen MR) is 157 cm³/mol. The van der Waals surface area contributed by atoms with Crippen molar-refractivity contribution in [3.05, 3.63) is 64.8 Å². The number of amides is 1. The lowest BCUT2D eigenvalue weighted by Gasteiger charge is -2.26. The van der Waals surface area contributed by atoms with Gasteiger partial charge < -0.3 is 25.4 Å². The molecular weight excluding hydrogens is 534 g/mol. The molecule has 2 heterocycles. The molecule has 1 amide bonds. The fraction of sp³-hybridized carbons (Fsp3) is 0.355. The minimum absolute atomic E-state index is 0.0194. The molecule has 0 bridgehead atoms. The Morgan fingerprint density at radius 2 is 1.93 bits per heavy atom. The largest absolute Gasteiger partial charge is 0.463 e. The second kappa shape index (κ2) is 11.8. The summed E-state index contributed by atoms with van der Waals surface area (Å²) in [4.78, 5) is 33.8. The van der Waals surface area contributed by atoms with Crippen LogP contribution in [0.25, 0.3) is 11.3 Å². The molecule has 1 aliphatic rings. The summed E-state index contributed by atoms with van der Waals surface area (Å²) in [6.45, 7) is 11.0. The normalized spacial score (nSPS) is 16.2. The molecule has 2 atom stereocenters. The van der Waals surface area contributed by atoms with Crippen LogP contribution in [0, 0.1) is 29.6 Å². The maximum absolute atomic E-state index is 12.7. The fourth-order valence-corrected chi connectivity index (χ4v) is 4.48. The molecule has 11 nitrogen and oxygen atoms in total. The molecule has 11 heteroatoms. The quantitative estimate of drug-likeness (QED) is 0.328. The lowest BCUT2D eigenvalue weighted by atomic mass is 9.83. The summed E-state index contributed by atoms with van der Waals surface area (Å²) < 4.78 is 10.8. The Bertz CT molecular complexity index is 1620. The van der Waals surface area contributed by atoms with E-state index in [9.17, 15) is 20.1 Å². The minimum atomic E-state index is -0.914. The number of anilines is 3. The number of carbonyl (C=O) groups excluding carboxylic acids is 2. The van der Waals surface area contributed by atoms with Crippen LogP contribution in [0.4, 0.5) is 22.1 Å². The van der Waals surface area contributed by atoms with E-state index in [1.807, 2.05) is 26.0 Å². The van der Waals surface area contributed by atoms with Crippen LogP contribution in [0.15, 0.2) is 42.6 Å². The fourth-order valence-electron chi connectivity index (χ4n) is 4.48. The Hall–Kier alpha value is -5.16. The number of hydrogen-bond donors (Lipinski definition) is 3. The van der Waals surface area contributed by atoms with Crippen molar-refractivity contribution in [3.63, 3.8) is 0 Å². The topological polar surface area (TPSA) is 162 Å². The molecule has 0 aliphatic carbocycles. The first-order valence-corrected chi connectivity index (χ1v) is 13.4. The van der Waals surface area contributed by atoms with Crippen molar-refractivity contribution in [1.29, 1.82) is 10.5 Å². The number of hydrogen-bond acceptors (Lipinski definition) is 10.